The van der Waals surface area contributed by atoms with Crippen LogP contribution in [0.25, 0.3) is 0 Å². The molecule has 4 nitrogen and oxygen atoms in total. The van der Waals surface area contributed by atoms with Gasteiger partial charge in [-0.3, -0.25) is 9.89 Å². The molecule has 0 aromatic carbocycles. The molecule has 2 aliphatic carbocycles. The smallest absolute Gasteiger partial charge is 0.231 e. The van der Waals surface area contributed by atoms with Crippen molar-refractivity contribution in [3.63, 3.8) is 0 Å². The maximum Gasteiger partial charge on any atom is 0.231 e. The normalized spacial score (nSPS) is 27.8. The van der Waals surface area contributed by atoms with E-state index >= 15 is 0 Å². The highest BCUT2D eigenvalue weighted by atomic mass is 32.2. The standard InChI is InChI=1S/C23H34N4S/c1-15(2)11-17-12-24-20(25-13-17)27(14-16-7-8-16)21-26-18-19(28-21)23(5,6)10-9-22(18,3)4/h12-13,16,18-19H,1,7-11,14H2,2-6H3. The van der Waals surface area contributed by atoms with Crippen LogP contribution >= 0.6 is 11.8 Å². The second kappa shape index (κ2) is 7.16. The predicted octanol–water partition coefficient (Wildman–Crippen LogP) is 5.50. The van der Waals surface area contributed by atoms with Crippen LogP contribution in [0.15, 0.2) is 29.5 Å². The molecule has 0 spiro atoms. The number of rotatable bonds is 5. The van der Waals surface area contributed by atoms with Gasteiger partial charge in [-0.2, -0.15) is 0 Å². The third-order valence-electron chi connectivity index (χ3n) is 6.56. The van der Waals surface area contributed by atoms with Crippen LogP contribution in [0.3, 0.4) is 0 Å². The number of aromatic nitrogens is 2. The van der Waals surface area contributed by atoms with Crippen LogP contribution < -0.4 is 4.90 Å². The van der Waals surface area contributed by atoms with Crippen LogP contribution in [0.5, 0.6) is 0 Å². The molecule has 2 heterocycles. The molecule has 1 aromatic rings. The van der Waals surface area contributed by atoms with Gasteiger partial charge in [0.1, 0.15) is 0 Å². The van der Waals surface area contributed by atoms with E-state index in [2.05, 4.69) is 39.2 Å². The van der Waals surface area contributed by atoms with Crippen molar-refractivity contribution >= 4 is 22.9 Å². The lowest BCUT2D eigenvalue weighted by atomic mass is 9.63. The van der Waals surface area contributed by atoms with Gasteiger partial charge in [0.2, 0.25) is 5.95 Å². The van der Waals surface area contributed by atoms with Gasteiger partial charge in [0.05, 0.1) is 6.04 Å². The molecule has 1 aliphatic heterocycles. The minimum Gasteiger partial charge on any atom is -0.289 e. The van der Waals surface area contributed by atoms with Gasteiger partial charge in [-0.25, -0.2) is 9.97 Å². The summed E-state index contributed by atoms with van der Waals surface area (Å²) in [5.74, 6) is 1.56. The van der Waals surface area contributed by atoms with Gasteiger partial charge in [-0.15, -0.1) is 0 Å². The first kappa shape index (κ1) is 19.9. The van der Waals surface area contributed by atoms with Gasteiger partial charge >= 0.3 is 0 Å². The van der Waals surface area contributed by atoms with E-state index in [4.69, 9.17) is 15.0 Å². The SMILES string of the molecule is C=C(C)Cc1cnc(N(CC2CC2)C2=NC3C(S2)C(C)(C)CCC3(C)C)nc1. The van der Waals surface area contributed by atoms with Gasteiger partial charge in [0.15, 0.2) is 5.17 Å². The summed E-state index contributed by atoms with van der Waals surface area (Å²) >= 11 is 1.97. The van der Waals surface area contributed by atoms with Crippen LogP contribution in [-0.4, -0.2) is 33.0 Å². The third-order valence-corrected chi connectivity index (χ3v) is 8.25. The molecular formula is C23H34N4S. The number of thioether (sulfide) groups is 1. The van der Waals surface area contributed by atoms with E-state index in [1.807, 2.05) is 31.1 Å². The molecule has 1 aromatic heterocycles. The van der Waals surface area contributed by atoms with Crippen LogP contribution in [0.2, 0.25) is 0 Å². The lowest BCUT2D eigenvalue weighted by Crippen LogP contribution is -2.47. The third kappa shape index (κ3) is 4.00. The number of anilines is 1. The van der Waals surface area contributed by atoms with Crippen molar-refractivity contribution in [2.45, 2.75) is 78.0 Å². The van der Waals surface area contributed by atoms with Crippen LogP contribution in [0.4, 0.5) is 5.95 Å². The van der Waals surface area contributed by atoms with Crippen molar-refractivity contribution in [2.75, 3.05) is 11.4 Å². The van der Waals surface area contributed by atoms with Gasteiger partial charge in [-0.1, -0.05) is 51.6 Å². The molecule has 0 radical (unpaired) electrons. The Bertz CT molecular complexity index is 776. The fraction of sp³-hybridized carbons (Fsp3) is 0.696. The van der Waals surface area contributed by atoms with Crippen molar-refractivity contribution in [1.82, 2.24) is 9.97 Å². The minimum atomic E-state index is 0.256. The molecule has 0 bridgehead atoms. The summed E-state index contributed by atoms with van der Waals surface area (Å²) in [4.78, 5) is 17.1. The second-order valence-electron chi connectivity index (χ2n) is 10.5. The van der Waals surface area contributed by atoms with Crippen LogP contribution in [0, 0.1) is 16.7 Å². The second-order valence-corrected chi connectivity index (χ2v) is 11.6. The van der Waals surface area contributed by atoms with E-state index in [1.54, 1.807) is 0 Å². The summed E-state index contributed by atoms with van der Waals surface area (Å²) < 4.78 is 0. The Labute approximate surface area is 174 Å². The van der Waals surface area contributed by atoms with Crippen molar-refractivity contribution in [2.24, 2.45) is 21.7 Å². The molecule has 4 rings (SSSR count). The fourth-order valence-electron chi connectivity index (χ4n) is 4.37. The lowest BCUT2D eigenvalue weighted by molar-refractivity contribution is 0.117. The summed E-state index contributed by atoms with van der Waals surface area (Å²) in [5.41, 5.74) is 2.83. The van der Waals surface area contributed by atoms with E-state index in [0.717, 1.165) is 41.1 Å². The Morgan fingerprint density at radius 2 is 1.79 bits per heavy atom. The maximum atomic E-state index is 5.30. The van der Waals surface area contributed by atoms with Crippen LogP contribution in [0.1, 0.15) is 65.9 Å². The highest BCUT2D eigenvalue weighted by Gasteiger charge is 2.52. The lowest BCUT2D eigenvalue weighted by Gasteiger charge is -2.47. The van der Waals surface area contributed by atoms with Crippen molar-refractivity contribution in [3.8, 4) is 0 Å². The van der Waals surface area contributed by atoms with Gasteiger partial charge in [-0.05, 0) is 61.3 Å². The number of amidine groups is 1. The number of hydrogen-bond acceptors (Lipinski definition) is 5. The number of nitrogens with zero attached hydrogens (tertiary/aromatic N) is 4. The van der Waals surface area contributed by atoms with E-state index in [0.29, 0.717) is 16.7 Å². The first-order valence-electron chi connectivity index (χ1n) is 10.6. The molecule has 2 fully saturated rings. The van der Waals surface area contributed by atoms with E-state index < -0.39 is 0 Å². The van der Waals surface area contributed by atoms with Crippen molar-refractivity contribution in [1.29, 1.82) is 0 Å². The first-order valence-corrected chi connectivity index (χ1v) is 11.5. The largest absolute Gasteiger partial charge is 0.289 e. The molecule has 0 saturated heterocycles. The van der Waals surface area contributed by atoms with Crippen LogP contribution in [-0.2, 0) is 6.42 Å². The van der Waals surface area contributed by atoms with Gasteiger partial charge < -0.3 is 0 Å². The summed E-state index contributed by atoms with van der Waals surface area (Å²) in [5, 5.41) is 1.67. The highest BCUT2D eigenvalue weighted by molar-refractivity contribution is 8.15. The monoisotopic (exact) mass is 398 g/mol. The molecule has 2 saturated carbocycles. The number of fused-ring (bicyclic) bond motifs is 1. The Hall–Kier alpha value is -1.36. The summed E-state index contributed by atoms with van der Waals surface area (Å²) in [6, 6.07) is 0.376. The number of hydrogen-bond donors (Lipinski definition) is 0. The summed E-state index contributed by atoms with van der Waals surface area (Å²) in [6.45, 7) is 16.6. The first-order chi connectivity index (χ1) is 13.2. The van der Waals surface area contributed by atoms with Gasteiger partial charge in [0, 0.05) is 24.2 Å². The zero-order valence-electron chi connectivity index (χ0n) is 18.0. The Morgan fingerprint density at radius 3 is 2.36 bits per heavy atom. The molecule has 0 N–H and O–H groups in total. The molecule has 28 heavy (non-hydrogen) atoms. The predicted molar refractivity (Wildman–Crippen MR) is 120 cm³/mol. The maximum absolute atomic E-state index is 5.30. The average Bonchev–Trinajstić information content (AvgIpc) is 3.31. The molecule has 5 heteroatoms. The molecule has 2 atom stereocenters. The Balaban J connectivity index is 1.62. The van der Waals surface area contributed by atoms with Crippen molar-refractivity contribution < 1.29 is 0 Å². The molecule has 0 amide bonds. The molecule has 2 unspecified atom stereocenters. The molecule has 3 aliphatic rings. The van der Waals surface area contributed by atoms with E-state index in [1.165, 1.54) is 25.7 Å². The summed E-state index contributed by atoms with van der Waals surface area (Å²) in [6.07, 6.45) is 9.89. The summed E-state index contributed by atoms with van der Waals surface area (Å²) in [7, 11) is 0. The average molecular weight is 399 g/mol. The van der Waals surface area contributed by atoms with Crippen molar-refractivity contribution in [3.05, 3.63) is 30.1 Å². The zero-order valence-corrected chi connectivity index (χ0v) is 18.9. The molecular weight excluding hydrogens is 364 g/mol. The highest BCUT2D eigenvalue weighted by Crippen LogP contribution is 2.54. The molecule has 152 valence electrons. The Kier molecular flexibility index (Phi) is 5.09. The number of allylic oxidation sites excluding steroid dienone is 1. The van der Waals surface area contributed by atoms with Gasteiger partial charge in [0.25, 0.3) is 0 Å². The zero-order chi connectivity index (χ0) is 20.1. The number of aliphatic imine (C=N–C) groups is 1. The van der Waals surface area contributed by atoms with E-state index in [9.17, 15) is 0 Å². The minimum absolute atomic E-state index is 0.256. The topological polar surface area (TPSA) is 41.4 Å². The Morgan fingerprint density at radius 1 is 1.14 bits per heavy atom. The fourth-order valence-corrected chi connectivity index (χ4v) is 6.05. The quantitative estimate of drug-likeness (QED) is 0.614. The van der Waals surface area contributed by atoms with E-state index in [-0.39, 0.29) is 5.41 Å².